The molecule has 0 spiro atoms. The van der Waals surface area contributed by atoms with Crippen molar-refractivity contribution in [1.82, 2.24) is 0 Å². The third kappa shape index (κ3) is 5.57. The van der Waals surface area contributed by atoms with Crippen molar-refractivity contribution in [3.8, 4) is 11.5 Å². The van der Waals surface area contributed by atoms with Crippen LogP contribution < -0.4 is 43.5 Å². The maximum Gasteiger partial charge on any atom is 1.00 e. The predicted molar refractivity (Wildman–Crippen MR) is 101 cm³/mol. The first-order valence-corrected chi connectivity index (χ1v) is 9.78. The number of phosphoric ester groups is 1. The van der Waals surface area contributed by atoms with Gasteiger partial charge in [0.15, 0.2) is 5.78 Å². The number of hydrogen-bond donors (Lipinski definition) is 0. The van der Waals surface area contributed by atoms with Gasteiger partial charge in [0.25, 0.3) is 0 Å². The van der Waals surface area contributed by atoms with Crippen molar-refractivity contribution in [1.29, 1.82) is 0 Å². The number of carbonyl (C=O) groups excluding carboxylic acids is 1. The van der Waals surface area contributed by atoms with Crippen LogP contribution in [0, 0.1) is 13.8 Å². The summed E-state index contributed by atoms with van der Waals surface area (Å²) in [6, 6.07) is 20.0. The molecule has 0 bridgehead atoms. The Bertz CT molecular complexity index is 1010. The topological polar surface area (TPSA) is 75.7 Å². The van der Waals surface area contributed by atoms with E-state index in [0.29, 0.717) is 11.1 Å². The third-order valence-corrected chi connectivity index (χ3v) is 4.70. The van der Waals surface area contributed by atoms with Gasteiger partial charge in [-0.3, -0.25) is 4.79 Å². The van der Waals surface area contributed by atoms with Crippen LogP contribution in [0.2, 0.25) is 0 Å². The van der Waals surface area contributed by atoms with Gasteiger partial charge >= 0.3 is 37.4 Å². The van der Waals surface area contributed by atoms with Crippen molar-refractivity contribution >= 4 is 13.6 Å². The minimum atomic E-state index is -4.74. The van der Waals surface area contributed by atoms with E-state index in [1.54, 1.807) is 67.6 Å². The molecule has 3 aromatic carbocycles. The van der Waals surface area contributed by atoms with E-state index in [2.05, 4.69) is 0 Å². The fourth-order valence-electron chi connectivity index (χ4n) is 2.73. The Labute approximate surface area is 186 Å². The number of para-hydroxylation sites is 1. The molecule has 0 N–H and O–H groups in total. The van der Waals surface area contributed by atoms with Crippen LogP contribution in [0.15, 0.2) is 72.8 Å². The van der Waals surface area contributed by atoms with Crippen molar-refractivity contribution in [2.24, 2.45) is 0 Å². The molecule has 28 heavy (non-hydrogen) atoms. The van der Waals surface area contributed by atoms with E-state index in [1.807, 2.05) is 6.92 Å². The van der Waals surface area contributed by atoms with Gasteiger partial charge in [0.05, 0.1) is 5.56 Å². The van der Waals surface area contributed by atoms with E-state index < -0.39 is 7.82 Å². The smallest absolute Gasteiger partial charge is 0.736 e. The molecule has 1 unspecified atom stereocenters. The molecule has 0 radical (unpaired) electrons. The molecule has 1 atom stereocenters. The molecule has 5 nitrogen and oxygen atoms in total. The molecule has 7 heteroatoms. The molecule has 0 aromatic heterocycles. The maximum absolute atomic E-state index is 12.9. The van der Waals surface area contributed by atoms with Crippen LogP contribution >= 0.6 is 7.82 Å². The molecular formula is C21H18NaO5P. The summed E-state index contributed by atoms with van der Waals surface area (Å²) in [7, 11) is -4.74. The molecule has 0 fully saturated rings. The van der Waals surface area contributed by atoms with Crippen LogP contribution in [-0.4, -0.2) is 5.78 Å². The maximum atomic E-state index is 12.9. The van der Waals surface area contributed by atoms with Gasteiger partial charge in [-0.1, -0.05) is 54.6 Å². The van der Waals surface area contributed by atoms with E-state index in [9.17, 15) is 14.3 Å². The van der Waals surface area contributed by atoms with Gasteiger partial charge < -0.3 is 13.9 Å². The largest absolute Gasteiger partial charge is 1.00 e. The molecule has 0 aliphatic carbocycles. The SMILES string of the molecule is Cc1cc(C)c(OP(=O)([O-])Oc2ccccc2)c(C(=O)c2ccccc2)c1.[Na+]. The summed E-state index contributed by atoms with van der Waals surface area (Å²) in [5.74, 6) is -0.211. The number of benzene rings is 3. The Morgan fingerprint density at radius 1 is 0.893 bits per heavy atom. The fraction of sp³-hybridized carbons (Fsp3) is 0.0952. The van der Waals surface area contributed by atoms with E-state index in [0.717, 1.165) is 5.56 Å². The van der Waals surface area contributed by atoms with Gasteiger partial charge in [0, 0.05) is 5.56 Å². The summed E-state index contributed by atoms with van der Waals surface area (Å²) in [6.07, 6.45) is 0. The number of ketones is 1. The number of carbonyl (C=O) groups is 1. The van der Waals surface area contributed by atoms with Crippen LogP contribution in [0.3, 0.4) is 0 Å². The Balaban J connectivity index is 0.00000280. The number of hydrogen-bond acceptors (Lipinski definition) is 5. The first-order valence-electron chi connectivity index (χ1n) is 8.32. The van der Waals surface area contributed by atoms with Crippen molar-refractivity contribution in [2.45, 2.75) is 13.8 Å². The summed E-state index contributed by atoms with van der Waals surface area (Å²) < 4.78 is 22.6. The molecule has 3 rings (SSSR count). The Morgan fingerprint density at radius 2 is 1.46 bits per heavy atom. The zero-order valence-electron chi connectivity index (χ0n) is 15.9. The van der Waals surface area contributed by atoms with Crippen LogP contribution in [0.4, 0.5) is 0 Å². The molecule has 3 aromatic rings. The average Bonchev–Trinajstić information content (AvgIpc) is 2.64. The summed E-state index contributed by atoms with van der Waals surface area (Å²) >= 11 is 0. The molecule has 0 aliphatic heterocycles. The zero-order valence-corrected chi connectivity index (χ0v) is 18.8. The normalized spacial score (nSPS) is 12.4. The minimum Gasteiger partial charge on any atom is -0.736 e. The van der Waals surface area contributed by atoms with Crippen molar-refractivity contribution in [3.63, 3.8) is 0 Å². The Morgan fingerprint density at radius 3 is 2.07 bits per heavy atom. The standard InChI is InChI=1S/C21H19O5P.Na/c1-15-13-16(2)21(19(14-15)20(22)17-9-5-3-6-10-17)26-27(23,24)25-18-11-7-4-8-12-18;/h3-14H,1-2H3,(H,23,24);/q;+1/p-1. The molecule has 0 aliphatic rings. The molecule has 138 valence electrons. The molecule has 0 saturated heterocycles. The number of phosphoric acid groups is 1. The van der Waals surface area contributed by atoms with Gasteiger partial charge in [-0.15, -0.1) is 0 Å². The second-order valence-corrected chi connectivity index (χ2v) is 7.36. The molecule has 0 saturated carbocycles. The summed E-state index contributed by atoms with van der Waals surface area (Å²) in [4.78, 5) is 25.3. The molecule has 0 heterocycles. The molecule has 0 amide bonds. The third-order valence-electron chi connectivity index (χ3n) is 3.86. The van der Waals surface area contributed by atoms with Crippen LogP contribution in [-0.2, 0) is 4.57 Å². The van der Waals surface area contributed by atoms with Gasteiger partial charge in [-0.2, -0.15) is 0 Å². The average molecular weight is 404 g/mol. The summed E-state index contributed by atoms with van der Waals surface area (Å²) in [6.45, 7) is 3.52. The second-order valence-electron chi connectivity index (χ2n) is 6.10. The van der Waals surface area contributed by atoms with E-state index in [-0.39, 0.29) is 52.4 Å². The first-order chi connectivity index (χ1) is 12.9. The second kappa shape index (κ2) is 9.55. The van der Waals surface area contributed by atoms with Crippen molar-refractivity contribution in [3.05, 3.63) is 95.1 Å². The summed E-state index contributed by atoms with van der Waals surface area (Å²) in [5, 5.41) is 0. The van der Waals surface area contributed by atoms with E-state index in [4.69, 9.17) is 9.05 Å². The van der Waals surface area contributed by atoms with Crippen molar-refractivity contribution < 1.29 is 52.9 Å². The van der Waals surface area contributed by atoms with Gasteiger partial charge in [0.1, 0.15) is 11.5 Å². The fourth-order valence-corrected chi connectivity index (χ4v) is 3.61. The molecular weight excluding hydrogens is 386 g/mol. The number of rotatable bonds is 6. The number of aryl methyl sites for hydroxylation is 2. The quantitative estimate of drug-likeness (QED) is 0.353. The first kappa shape index (κ1) is 22.4. The van der Waals surface area contributed by atoms with Crippen molar-refractivity contribution in [2.75, 3.05) is 0 Å². The Kier molecular flexibility index (Phi) is 7.64. The van der Waals surface area contributed by atoms with Crippen LogP contribution in [0.1, 0.15) is 27.0 Å². The minimum absolute atomic E-state index is 0. The zero-order chi connectivity index (χ0) is 19.4. The monoisotopic (exact) mass is 404 g/mol. The van der Waals surface area contributed by atoms with E-state index in [1.165, 1.54) is 12.1 Å². The van der Waals surface area contributed by atoms with Crippen LogP contribution in [0.5, 0.6) is 11.5 Å². The summed E-state index contributed by atoms with van der Waals surface area (Å²) in [5.41, 5.74) is 1.97. The van der Waals surface area contributed by atoms with Gasteiger partial charge in [0.2, 0.25) is 0 Å². The van der Waals surface area contributed by atoms with E-state index >= 15 is 0 Å². The Hall–Kier alpha value is -1.88. The van der Waals surface area contributed by atoms with Crippen LogP contribution in [0.25, 0.3) is 0 Å². The predicted octanol–water partition coefficient (Wildman–Crippen LogP) is 1.46. The van der Waals surface area contributed by atoms with Gasteiger partial charge in [-0.05, 0) is 43.2 Å². The van der Waals surface area contributed by atoms with Gasteiger partial charge in [-0.25, -0.2) is 4.57 Å².